The van der Waals surface area contributed by atoms with Crippen LogP contribution in [0.2, 0.25) is 0 Å². The number of hydrogen-bond donors (Lipinski definition) is 0. The Morgan fingerprint density at radius 3 is 2.91 bits per heavy atom. The number of nitriles is 1. The Balaban J connectivity index is 2.19. The average molecular weight is 289 g/mol. The first-order valence-corrected chi connectivity index (χ1v) is 6.88. The fourth-order valence-corrected chi connectivity index (χ4v) is 2.51. The van der Waals surface area contributed by atoms with Crippen LogP contribution in [0.1, 0.15) is 11.1 Å². The normalized spacial score (nSPS) is 11.4. The number of nitrogens with zero attached hydrogens (tertiary/aromatic N) is 3. The molecule has 0 bridgehead atoms. The largest absolute Gasteiger partial charge is 0.497 e. The molecule has 1 aromatic carbocycles. The van der Waals surface area contributed by atoms with Gasteiger partial charge in [0.05, 0.1) is 18.8 Å². The highest BCUT2D eigenvalue weighted by Gasteiger charge is 2.12. The SMILES string of the molecule is COc1ccc2c(c1)c(/C(C#N)=C/c1cccnc1)cn2C. The van der Waals surface area contributed by atoms with Crippen LogP contribution in [0.4, 0.5) is 0 Å². The van der Waals surface area contributed by atoms with Gasteiger partial charge < -0.3 is 9.30 Å². The molecule has 4 heteroatoms. The van der Waals surface area contributed by atoms with E-state index in [4.69, 9.17) is 4.74 Å². The third-order valence-electron chi connectivity index (χ3n) is 3.60. The third kappa shape index (κ3) is 2.45. The zero-order chi connectivity index (χ0) is 15.5. The van der Waals surface area contributed by atoms with Gasteiger partial charge in [0.1, 0.15) is 5.75 Å². The van der Waals surface area contributed by atoms with Gasteiger partial charge >= 0.3 is 0 Å². The van der Waals surface area contributed by atoms with Crippen LogP contribution in [-0.2, 0) is 7.05 Å². The number of methoxy groups -OCH3 is 1. The molecule has 2 aromatic heterocycles. The van der Waals surface area contributed by atoms with E-state index < -0.39 is 0 Å². The van der Waals surface area contributed by atoms with Crippen molar-refractivity contribution in [3.63, 3.8) is 0 Å². The van der Waals surface area contributed by atoms with E-state index in [0.717, 1.165) is 27.8 Å². The predicted octanol–water partition coefficient (Wildman–Crippen LogP) is 3.65. The lowest BCUT2D eigenvalue weighted by Gasteiger charge is -2.02. The minimum Gasteiger partial charge on any atom is -0.497 e. The van der Waals surface area contributed by atoms with Crippen molar-refractivity contribution < 1.29 is 4.74 Å². The highest BCUT2D eigenvalue weighted by molar-refractivity contribution is 6.01. The Morgan fingerprint density at radius 2 is 2.23 bits per heavy atom. The Morgan fingerprint density at radius 1 is 1.36 bits per heavy atom. The number of allylic oxidation sites excluding steroid dienone is 1. The van der Waals surface area contributed by atoms with Crippen LogP contribution in [0.5, 0.6) is 5.75 Å². The van der Waals surface area contributed by atoms with E-state index in [9.17, 15) is 5.26 Å². The first kappa shape index (κ1) is 13.9. The Labute approximate surface area is 128 Å². The minimum atomic E-state index is 0.604. The maximum atomic E-state index is 9.56. The summed E-state index contributed by atoms with van der Waals surface area (Å²) in [6, 6.07) is 11.9. The number of aryl methyl sites for hydroxylation is 1. The van der Waals surface area contributed by atoms with Crippen molar-refractivity contribution in [1.29, 1.82) is 5.26 Å². The van der Waals surface area contributed by atoms with Gasteiger partial charge in [-0.2, -0.15) is 5.26 Å². The molecule has 108 valence electrons. The second-order valence-electron chi connectivity index (χ2n) is 4.99. The van der Waals surface area contributed by atoms with Gasteiger partial charge in [-0.1, -0.05) is 6.07 Å². The lowest BCUT2D eigenvalue weighted by atomic mass is 10.0. The molecule has 0 saturated carbocycles. The number of rotatable bonds is 3. The van der Waals surface area contributed by atoms with Crippen LogP contribution in [0.15, 0.2) is 48.9 Å². The van der Waals surface area contributed by atoms with Crippen molar-refractivity contribution in [3.8, 4) is 11.8 Å². The van der Waals surface area contributed by atoms with Crippen molar-refractivity contribution in [3.05, 3.63) is 60.0 Å². The molecule has 0 saturated heterocycles. The summed E-state index contributed by atoms with van der Waals surface area (Å²) in [7, 11) is 3.61. The molecule has 0 amide bonds. The van der Waals surface area contributed by atoms with Crippen molar-refractivity contribution in [2.45, 2.75) is 0 Å². The summed E-state index contributed by atoms with van der Waals surface area (Å²) in [6.45, 7) is 0. The molecular weight excluding hydrogens is 274 g/mol. The van der Waals surface area contributed by atoms with Gasteiger partial charge in [-0.25, -0.2) is 0 Å². The molecule has 0 unspecified atom stereocenters. The maximum absolute atomic E-state index is 9.56. The Kier molecular flexibility index (Phi) is 3.63. The van der Waals surface area contributed by atoms with Gasteiger partial charge in [-0.15, -0.1) is 0 Å². The van der Waals surface area contributed by atoms with Gasteiger partial charge in [-0.05, 0) is 35.9 Å². The van der Waals surface area contributed by atoms with E-state index in [1.165, 1.54) is 0 Å². The summed E-state index contributed by atoms with van der Waals surface area (Å²) in [5.74, 6) is 0.776. The summed E-state index contributed by atoms with van der Waals surface area (Å²) >= 11 is 0. The maximum Gasteiger partial charge on any atom is 0.119 e. The van der Waals surface area contributed by atoms with E-state index >= 15 is 0 Å². The fourth-order valence-electron chi connectivity index (χ4n) is 2.51. The fraction of sp³-hybridized carbons (Fsp3) is 0.111. The number of fused-ring (bicyclic) bond motifs is 1. The third-order valence-corrected chi connectivity index (χ3v) is 3.60. The minimum absolute atomic E-state index is 0.604. The molecule has 3 aromatic rings. The summed E-state index contributed by atoms with van der Waals surface area (Å²) in [6.07, 6.45) is 7.27. The van der Waals surface area contributed by atoms with E-state index in [1.807, 2.05) is 54.2 Å². The zero-order valence-corrected chi connectivity index (χ0v) is 12.4. The van der Waals surface area contributed by atoms with Crippen LogP contribution in [0, 0.1) is 11.3 Å². The molecule has 0 N–H and O–H groups in total. The first-order chi connectivity index (χ1) is 10.7. The van der Waals surface area contributed by atoms with Gasteiger partial charge in [-0.3, -0.25) is 4.98 Å². The molecule has 0 radical (unpaired) electrons. The van der Waals surface area contributed by atoms with Gasteiger partial charge in [0.2, 0.25) is 0 Å². The average Bonchev–Trinajstić information content (AvgIpc) is 2.89. The molecule has 0 aliphatic rings. The second-order valence-corrected chi connectivity index (χ2v) is 4.99. The lowest BCUT2D eigenvalue weighted by molar-refractivity contribution is 0.415. The summed E-state index contributed by atoms with van der Waals surface area (Å²) < 4.78 is 7.31. The molecule has 0 spiro atoms. The zero-order valence-electron chi connectivity index (χ0n) is 12.4. The lowest BCUT2D eigenvalue weighted by Crippen LogP contribution is -1.85. The first-order valence-electron chi connectivity index (χ1n) is 6.88. The molecular formula is C18H15N3O. The van der Waals surface area contributed by atoms with Gasteiger partial charge in [0, 0.05) is 42.1 Å². The number of pyridine rings is 1. The van der Waals surface area contributed by atoms with Gasteiger partial charge in [0.25, 0.3) is 0 Å². The molecule has 4 nitrogen and oxygen atoms in total. The molecule has 22 heavy (non-hydrogen) atoms. The quantitative estimate of drug-likeness (QED) is 0.692. The van der Waals surface area contributed by atoms with Crippen LogP contribution in [0.3, 0.4) is 0 Å². The highest BCUT2D eigenvalue weighted by Crippen LogP contribution is 2.30. The van der Waals surface area contributed by atoms with Crippen molar-refractivity contribution in [2.75, 3.05) is 7.11 Å². The smallest absolute Gasteiger partial charge is 0.119 e. The van der Waals surface area contributed by atoms with E-state index in [0.29, 0.717) is 5.57 Å². The van der Waals surface area contributed by atoms with E-state index in [2.05, 4.69) is 11.1 Å². The van der Waals surface area contributed by atoms with Crippen LogP contribution in [0.25, 0.3) is 22.6 Å². The van der Waals surface area contributed by atoms with Crippen molar-refractivity contribution in [1.82, 2.24) is 9.55 Å². The molecule has 0 fully saturated rings. The highest BCUT2D eigenvalue weighted by atomic mass is 16.5. The molecule has 0 aliphatic heterocycles. The number of hydrogen-bond acceptors (Lipinski definition) is 3. The summed E-state index contributed by atoms with van der Waals surface area (Å²) in [5, 5.41) is 10.6. The summed E-state index contributed by atoms with van der Waals surface area (Å²) in [5.41, 5.74) is 3.46. The van der Waals surface area contributed by atoms with Crippen molar-refractivity contribution >= 4 is 22.6 Å². The monoisotopic (exact) mass is 289 g/mol. The molecule has 3 rings (SSSR count). The molecule has 2 heterocycles. The predicted molar refractivity (Wildman–Crippen MR) is 87.2 cm³/mol. The number of benzene rings is 1. The molecule has 0 aliphatic carbocycles. The number of aromatic nitrogens is 2. The van der Waals surface area contributed by atoms with Gasteiger partial charge in [0.15, 0.2) is 0 Å². The Bertz CT molecular complexity index is 886. The van der Waals surface area contributed by atoms with E-state index in [-0.39, 0.29) is 0 Å². The van der Waals surface area contributed by atoms with Crippen LogP contribution < -0.4 is 4.74 Å². The van der Waals surface area contributed by atoms with Crippen LogP contribution in [-0.4, -0.2) is 16.7 Å². The Hall–Kier alpha value is -3.06. The summed E-state index contributed by atoms with van der Waals surface area (Å²) in [4.78, 5) is 4.08. The number of ether oxygens (including phenoxy) is 1. The van der Waals surface area contributed by atoms with E-state index in [1.54, 1.807) is 19.5 Å². The topological polar surface area (TPSA) is 50.8 Å². The van der Waals surface area contributed by atoms with Crippen molar-refractivity contribution in [2.24, 2.45) is 7.05 Å². The second kappa shape index (κ2) is 5.74. The molecule has 0 atom stereocenters. The van der Waals surface area contributed by atoms with Crippen LogP contribution >= 0.6 is 0 Å². The standard InChI is InChI=1S/C18H15N3O/c1-21-12-17(16-9-15(22-2)5-6-18(16)21)14(10-19)8-13-4-3-7-20-11-13/h3-9,11-12H,1-2H3/b14-8+.